The van der Waals surface area contributed by atoms with Crippen molar-refractivity contribution < 1.29 is 4.79 Å². The van der Waals surface area contributed by atoms with Crippen molar-refractivity contribution in [1.82, 2.24) is 5.32 Å². The molecule has 2 aliphatic heterocycles. The molecule has 0 radical (unpaired) electrons. The van der Waals surface area contributed by atoms with Crippen LogP contribution in [0.25, 0.3) is 0 Å². The van der Waals surface area contributed by atoms with Crippen molar-refractivity contribution in [2.45, 2.75) is 19.5 Å². The predicted octanol–water partition coefficient (Wildman–Crippen LogP) is 1.90. The Labute approximate surface area is 151 Å². The molecule has 2 aromatic carbocycles. The molecule has 132 valence electrons. The van der Waals surface area contributed by atoms with E-state index in [2.05, 4.69) is 20.6 Å². The maximum Gasteiger partial charge on any atom is 0.282 e. The van der Waals surface area contributed by atoms with Crippen LogP contribution in [-0.4, -0.2) is 24.4 Å². The zero-order valence-corrected chi connectivity index (χ0v) is 14.7. The van der Waals surface area contributed by atoms with Crippen LogP contribution in [0.2, 0.25) is 0 Å². The zero-order chi connectivity index (χ0) is 18.3. The maximum atomic E-state index is 13.2. The number of carbonyl (C=O) groups is 1. The van der Waals surface area contributed by atoms with Gasteiger partial charge in [-0.05, 0) is 32.0 Å². The van der Waals surface area contributed by atoms with Gasteiger partial charge in [0.05, 0.1) is 5.69 Å². The minimum atomic E-state index is -1.38. The van der Waals surface area contributed by atoms with E-state index in [9.17, 15) is 4.79 Å². The first kappa shape index (κ1) is 16.1. The van der Waals surface area contributed by atoms with Crippen molar-refractivity contribution >= 4 is 29.2 Å². The number of hydrogen-bond donors (Lipinski definition) is 3. The summed E-state index contributed by atoms with van der Waals surface area (Å²) in [4.78, 5) is 23.9. The quantitative estimate of drug-likeness (QED) is 0.772. The topological polar surface area (TPSA) is 95.1 Å². The summed E-state index contributed by atoms with van der Waals surface area (Å²) >= 11 is 0. The van der Waals surface area contributed by atoms with Crippen molar-refractivity contribution in [3.8, 4) is 0 Å². The van der Waals surface area contributed by atoms with Crippen LogP contribution in [0.4, 0.5) is 11.4 Å². The molecule has 1 atom stereocenters. The summed E-state index contributed by atoms with van der Waals surface area (Å²) in [5.74, 6) is 0.340. The van der Waals surface area contributed by atoms with E-state index in [1.54, 1.807) is 4.90 Å². The molecular weight excluding hydrogens is 328 g/mol. The summed E-state index contributed by atoms with van der Waals surface area (Å²) in [6.45, 7) is 4.49. The van der Waals surface area contributed by atoms with E-state index >= 15 is 0 Å². The van der Waals surface area contributed by atoms with Gasteiger partial charge in [0.15, 0.2) is 5.96 Å². The summed E-state index contributed by atoms with van der Waals surface area (Å²) in [6, 6.07) is 15.4. The van der Waals surface area contributed by atoms with Gasteiger partial charge >= 0.3 is 0 Å². The van der Waals surface area contributed by atoms with Crippen LogP contribution in [-0.2, 0) is 10.5 Å². The van der Waals surface area contributed by atoms with Crippen LogP contribution in [0.1, 0.15) is 18.1 Å². The Morgan fingerprint density at radius 1 is 1.15 bits per heavy atom. The largest absolute Gasteiger partial charge is 0.370 e. The van der Waals surface area contributed by atoms with Gasteiger partial charge in [0.1, 0.15) is 0 Å². The third-order valence-corrected chi connectivity index (χ3v) is 4.55. The van der Waals surface area contributed by atoms with Gasteiger partial charge in [-0.1, -0.05) is 35.9 Å². The zero-order valence-electron chi connectivity index (χ0n) is 14.7. The number of benzene rings is 2. The Kier molecular flexibility index (Phi) is 3.64. The van der Waals surface area contributed by atoms with Gasteiger partial charge in [0.2, 0.25) is 5.96 Å². The SMILES string of the molecule is CCN1C(=O)[C@]2(N=C(N)NC(Nc3ccc(C)cc3)=N2)c2ccccc21. The number of guanidine groups is 2. The van der Waals surface area contributed by atoms with E-state index in [1.807, 2.05) is 62.4 Å². The predicted molar refractivity (Wildman–Crippen MR) is 103 cm³/mol. The Bertz CT molecular complexity index is 933. The Balaban J connectivity index is 1.79. The molecule has 1 spiro atoms. The molecule has 0 unspecified atom stereocenters. The molecule has 1 amide bonds. The number of para-hydroxylation sites is 1. The Morgan fingerprint density at radius 3 is 2.62 bits per heavy atom. The van der Waals surface area contributed by atoms with Gasteiger partial charge in [0.25, 0.3) is 11.6 Å². The molecule has 2 heterocycles. The first-order valence-electron chi connectivity index (χ1n) is 8.51. The molecule has 4 rings (SSSR count). The molecule has 2 aromatic rings. The molecule has 0 saturated carbocycles. The smallest absolute Gasteiger partial charge is 0.282 e. The average molecular weight is 348 g/mol. The molecule has 7 heteroatoms. The number of rotatable bonds is 2. The highest BCUT2D eigenvalue weighted by Crippen LogP contribution is 2.44. The number of likely N-dealkylation sites (N-methyl/N-ethyl adjacent to an activating group) is 1. The van der Waals surface area contributed by atoms with Gasteiger partial charge in [-0.3, -0.25) is 10.1 Å². The van der Waals surface area contributed by atoms with E-state index in [4.69, 9.17) is 5.73 Å². The highest BCUT2D eigenvalue weighted by molar-refractivity contribution is 6.14. The van der Waals surface area contributed by atoms with E-state index in [-0.39, 0.29) is 11.9 Å². The molecule has 2 aliphatic rings. The van der Waals surface area contributed by atoms with Gasteiger partial charge in [-0.15, -0.1) is 0 Å². The van der Waals surface area contributed by atoms with E-state index in [0.29, 0.717) is 12.5 Å². The Hall–Kier alpha value is -3.35. The number of hydrogen-bond acceptors (Lipinski definition) is 6. The van der Waals surface area contributed by atoms with E-state index in [1.165, 1.54) is 0 Å². The second-order valence-electron chi connectivity index (χ2n) is 6.31. The molecule has 0 fully saturated rings. The first-order valence-corrected chi connectivity index (χ1v) is 8.51. The summed E-state index contributed by atoms with van der Waals surface area (Å²) in [7, 11) is 0. The van der Waals surface area contributed by atoms with Crippen molar-refractivity contribution in [3.05, 3.63) is 59.7 Å². The van der Waals surface area contributed by atoms with Crippen LogP contribution in [0, 0.1) is 6.92 Å². The molecule has 0 bridgehead atoms. The standard InChI is InChI=1S/C19H20N6O/c1-3-25-15-7-5-4-6-14(15)19(16(25)26)23-17(20)22-18(24-19)21-13-10-8-12(2)9-11-13/h4-11H,3H2,1-2H3,(H4,20,21,22,23,24)/t19-/m0/s1. The fourth-order valence-electron chi connectivity index (χ4n) is 3.32. The van der Waals surface area contributed by atoms with E-state index in [0.717, 1.165) is 22.5 Å². The van der Waals surface area contributed by atoms with Crippen molar-refractivity contribution in [1.29, 1.82) is 0 Å². The van der Waals surface area contributed by atoms with Crippen LogP contribution >= 0.6 is 0 Å². The molecule has 4 N–H and O–H groups in total. The number of amides is 1. The number of nitrogens with zero attached hydrogens (tertiary/aromatic N) is 3. The first-order chi connectivity index (χ1) is 12.5. The van der Waals surface area contributed by atoms with Gasteiger partial charge in [-0.2, -0.15) is 0 Å². The van der Waals surface area contributed by atoms with Crippen molar-refractivity contribution in [2.75, 3.05) is 16.8 Å². The molecule has 26 heavy (non-hydrogen) atoms. The minimum absolute atomic E-state index is 0.149. The van der Waals surface area contributed by atoms with Crippen molar-refractivity contribution in [2.24, 2.45) is 15.7 Å². The maximum absolute atomic E-state index is 13.2. The van der Waals surface area contributed by atoms with Crippen molar-refractivity contribution in [3.63, 3.8) is 0 Å². The lowest BCUT2D eigenvalue weighted by Crippen LogP contribution is -2.51. The summed E-state index contributed by atoms with van der Waals surface area (Å²) in [5, 5.41) is 6.09. The van der Waals surface area contributed by atoms with Gasteiger partial charge in [-0.25, -0.2) is 9.98 Å². The summed E-state index contributed by atoms with van der Waals surface area (Å²) < 4.78 is 0. The summed E-state index contributed by atoms with van der Waals surface area (Å²) in [5.41, 5.74) is 8.19. The number of nitrogens with one attached hydrogen (secondary N) is 2. The lowest BCUT2D eigenvalue weighted by atomic mass is 10.0. The van der Waals surface area contributed by atoms with Crippen LogP contribution in [0.15, 0.2) is 58.5 Å². The molecule has 7 nitrogen and oxygen atoms in total. The number of aryl methyl sites for hydroxylation is 1. The third-order valence-electron chi connectivity index (χ3n) is 4.55. The molecule has 0 aliphatic carbocycles. The number of fused-ring (bicyclic) bond motifs is 2. The van der Waals surface area contributed by atoms with Crippen LogP contribution < -0.4 is 21.3 Å². The van der Waals surface area contributed by atoms with Gasteiger partial charge < -0.3 is 16.0 Å². The second-order valence-corrected chi connectivity index (χ2v) is 6.31. The number of aliphatic imine (C=N–C) groups is 2. The number of anilines is 2. The second kappa shape index (κ2) is 5.87. The van der Waals surface area contributed by atoms with Crippen LogP contribution in [0.3, 0.4) is 0 Å². The molecular formula is C19H20N6O. The molecule has 0 saturated heterocycles. The highest BCUT2D eigenvalue weighted by atomic mass is 16.2. The normalized spacial score (nSPS) is 21.2. The lowest BCUT2D eigenvalue weighted by Gasteiger charge is -2.27. The minimum Gasteiger partial charge on any atom is -0.370 e. The fourth-order valence-corrected chi connectivity index (χ4v) is 3.32. The number of carbonyl (C=O) groups excluding carboxylic acids is 1. The monoisotopic (exact) mass is 348 g/mol. The van der Waals surface area contributed by atoms with Crippen LogP contribution in [0.5, 0.6) is 0 Å². The van der Waals surface area contributed by atoms with E-state index < -0.39 is 5.66 Å². The Morgan fingerprint density at radius 2 is 1.88 bits per heavy atom. The third kappa shape index (κ3) is 2.40. The molecule has 0 aromatic heterocycles. The average Bonchev–Trinajstić information content (AvgIpc) is 2.85. The fraction of sp³-hybridized carbons (Fsp3) is 0.211. The summed E-state index contributed by atoms with van der Waals surface area (Å²) in [6.07, 6.45) is 0. The number of nitrogens with two attached hydrogens (primary N) is 1. The highest BCUT2D eigenvalue weighted by Gasteiger charge is 2.52. The lowest BCUT2D eigenvalue weighted by molar-refractivity contribution is -0.122. The van der Waals surface area contributed by atoms with Gasteiger partial charge in [0, 0.05) is 17.8 Å².